The molecule has 19 heavy (non-hydrogen) atoms. The Balaban J connectivity index is 2.63. The smallest absolute Gasteiger partial charge is 0.288 e. The van der Waals surface area contributed by atoms with Crippen LogP contribution in [-0.4, -0.2) is 17.2 Å². The Hall–Kier alpha value is -1.14. The molecule has 3 N–H and O–H groups in total. The van der Waals surface area contributed by atoms with Crippen LogP contribution in [0.5, 0.6) is 0 Å². The molecule has 106 valence electrons. The Morgan fingerprint density at radius 2 is 2.05 bits per heavy atom. The quantitative estimate of drug-likeness (QED) is 0.788. The molecule has 0 aliphatic rings. The lowest BCUT2D eigenvalue weighted by Crippen LogP contribution is -2.33. The first kappa shape index (κ1) is 15.9. The molecule has 0 unspecified atom stereocenters. The van der Waals surface area contributed by atoms with Crippen LogP contribution < -0.4 is 11.1 Å². The molecule has 1 aromatic rings. The predicted octanol–water partition coefficient (Wildman–Crippen LogP) is 3.46. The molecular formula is C13H18F2N2OS. The Bertz CT molecular complexity index is 433. The van der Waals surface area contributed by atoms with Crippen molar-refractivity contribution in [2.75, 3.05) is 5.32 Å². The Morgan fingerprint density at radius 3 is 2.63 bits per heavy atom. The normalized spacial score (nSPS) is 11.7. The number of rotatable bonds is 6. The zero-order valence-electron chi connectivity index (χ0n) is 11.0. The number of para-hydroxylation sites is 1. The third-order valence-electron chi connectivity index (χ3n) is 2.37. The van der Waals surface area contributed by atoms with Crippen LogP contribution in [0, 0.1) is 0 Å². The molecule has 0 aliphatic heterocycles. The van der Waals surface area contributed by atoms with Gasteiger partial charge in [-0.05, 0) is 32.4 Å². The maximum absolute atomic E-state index is 12.4. The molecule has 0 aromatic heterocycles. The molecule has 0 saturated carbocycles. The lowest BCUT2D eigenvalue weighted by molar-refractivity contribution is -0.116. The van der Waals surface area contributed by atoms with E-state index in [-0.39, 0.29) is 12.3 Å². The van der Waals surface area contributed by atoms with Crippen LogP contribution in [0.2, 0.25) is 0 Å². The summed E-state index contributed by atoms with van der Waals surface area (Å²) in [5, 5.41) is 2.64. The number of thioether (sulfide) groups is 1. The highest BCUT2D eigenvalue weighted by atomic mass is 32.2. The van der Waals surface area contributed by atoms with Gasteiger partial charge in [0.2, 0.25) is 5.91 Å². The average Bonchev–Trinajstić information content (AvgIpc) is 2.27. The van der Waals surface area contributed by atoms with Gasteiger partial charge >= 0.3 is 0 Å². The van der Waals surface area contributed by atoms with E-state index in [1.807, 2.05) is 13.8 Å². The van der Waals surface area contributed by atoms with Crippen molar-refractivity contribution in [3.63, 3.8) is 0 Å². The number of benzene rings is 1. The zero-order valence-corrected chi connectivity index (χ0v) is 11.8. The monoisotopic (exact) mass is 288 g/mol. The molecule has 0 spiro atoms. The number of carbonyl (C=O) groups is 1. The third-order valence-corrected chi connectivity index (χ3v) is 3.16. The lowest BCUT2D eigenvalue weighted by atomic mass is 10.00. The van der Waals surface area contributed by atoms with Crippen LogP contribution in [0.1, 0.15) is 26.7 Å². The van der Waals surface area contributed by atoms with Gasteiger partial charge in [0.05, 0.1) is 5.69 Å². The first-order valence-electron chi connectivity index (χ1n) is 5.90. The fourth-order valence-electron chi connectivity index (χ4n) is 1.42. The van der Waals surface area contributed by atoms with Gasteiger partial charge in [0.1, 0.15) is 0 Å². The fourth-order valence-corrected chi connectivity index (χ4v) is 2.01. The SMILES string of the molecule is CC(C)(N)CCC(=O)Nc1ccccc1SC(F)F. The first-order chi connectivity index (χ1) is 8.78. The van der Waals surface area contributed by atoms with Crippen LogP contribution in [0.15, 0.2) is 29.2 Å². The molecule has 0 radical (unpaired) electrons. The molecule has 1 aromatic carbocycles. The zero-order chi connectivity index (χ0) is 14.5. The molecule has 1 rings (SSSR count). The maximum atomic E-state index is 12.4. The molecule has 0 saturated heterocycles. The van der Waals surface area contributed by atoms with Gasteiger partial charge in [-0.15, -0.1) is 0 Å². The topological polar surface area (TPSA) is 55.1 Å². The van der Waals surface area contributed by atoms with Crippen molar-refractivity contribution >= 4 is 23.4 Å². The average molecular weight is 288 g/mol. The summed E-state index contributed by atoms with van der Waals surface area (Å²) < 4.78 is 24.8. The highest BCUT2D eigenvalue weighted by Gasteiger charge is 2.15. The number of amides is 1. The van der Waals surface area contributed by atoms with E-state index in [1.54, 1.807) is 24.3 Å². The molecule has 3 nitrogen and oxygen atoms in total. The summed E-state index contributed by atoms with van der Waals surface area (Å²) in [6.07, 6.45) is 0.792. The van der Waals surface area contributed by atoms with Crippen LogP contribution >= 0.6 is 11.8 Å². The summed E-state index contributed by atoms with van der Waals surface area (Å²) in [4.78, 5) is 12.1. The van der Waals surface area contributed by atoms with Gasteiger partial charge in [-0.1, -0.05) is 23.9 Å². The number of alkyl halides is 2. The Labute approximate surface area is 115 Å². The van der Waals surface area contributed by atoms with E-state index in [0.29, 0.717) is 28.8 Å². The minimum atomic E-state index is -2.51. The van der Waals surface area contributed by atoms with Gasteiger partial charge in [0.15, 0.2) is 0 Å². The molecule has 0 aliphatic carbocycles. The van der Waals surface area contributed by atoms with E-state index in [2.05, 4.69) is 5.32 Å². The van der Waals surface area contributed by atoms with Gasteiger partial charge in [0, 0.05) is 16.9 Å². The largest absolute Gasteiger partial charge is 0.326 e. The van der Waals surface area contributed by atoms with E-state index in [4.69, 9.17) is 5.73 Å². The number of halogens is 2. The lowest BCUT2D eigenvalue weighted by Gasteiger charge is -2.18. The second-order valence-corrected chi connectivity index (χ2v) is 5.94. The summed E-state index contributed by atoms with van der Waals surface area (Å²) in [6.45, 7) is 3.67. The van der Waals surface area contributed by atoms with Crippen molar-refractivity contribution in [2.24, 2.45) is 5.73 Å². The fraction of sp³-hybridized carbons (Fsp3) is 0.462. The van der Waals surface area contributed by atoms with Crippen molar-refractivity contribution in [3.05, 3.63) is 24.3 Å². The van der Waals surface area contributed by atoms with Gasteiger partial charge in [-0.25, -0.2) is 0 Å². The summed E-state index contributed by atoms with van der Waals surface area (Å²) >= 11 is 0.418. The van der Waals surface area contributed by atoms with Crippen molar-refractivity contribution in [3.8, 4) is 0 Å². The molecule has 0 heterocycles. The van der Waals surface area contributed by atoms with Crippen LogP contribution in [-0.2, 0) is 4.79 Å². The van der Waals surface area contributed by atoms with Gasteiger partial charge in [0.25, 0.3) is 5.76 Å². The van der Waals surface area contributed by atoms with Crippen molar-refractivity contribution in [1.29, 1.82) is 0 Å². The molecular weight excluding hydrogens is 270 g/mol. The third kappa shape index (κ3) is 6.54. The van der Waals surface area contributed by atoms with Crippen molar-refractivity contribution in [1.82, 2.24) is 0 Å². The van der Waals surface area contributed by atoms with Crippen molar-refractivity contribution in [2.45, 2.75) is 42.9 Å². The minimum absolute atomic E-state index is 0.221. The van der Waals surface area contributed by atoms with E-state index < -0.39 is 11.3 Å². The molecule has 0 fully saturated rings. The molecule has 0 atom stereocenters. The van der Waals surface area contributed by atoms with Crippen LogP contribution in [0.4, 0.5) is 14.5 Å². The second kappa shape index (κ2) is 6.86. The summed E-state index contributed by atoms with van der Waals surface area (Å²) in [7, 11) is 0. The highest BCUT2D eigenvalue weighted by Crippen LogP contribution is 2.31. The second-order valence-electron chi connectivity index (χ2n) is 4.91. The van der Waals surface area contributed by atoms with E-state index >= 15 is 0 Å². The number of hydrogen-bond donors (Lipinski definition) is 2. The first-order valence-corrected chi connectivity index (χ1v) is 6.78. The number of carbonyl (C=O) groups excluding carboxylic acids is 1. The van der Waals surface area contributed by atoms with E-state index in [1.165, 1.54) is 0 Å². The van der Waals surface area contributed by atoms with Gasteiger partial charge in [-0.3, -0.25) is 4.79 Å². The van der Waals surface area contributed by atoms with E-state index in [0.717, 1.165) is 0 Å². The van der Waals surface area contributed by atoms with Crippen molar-refractivity contribution < 1.29 is 13.6 Å². The Kier molecular flexibility index (Phi) is 5.75. The number of nitrogens with two attached hydrogens (primary N) is 1. The van der Waals surface area contributed by atoms with Gasteiger partial charge in [-0.2, -0.15) is 8.78 Å². The molecule has 0 bridgehead atoms. The standard InChI is InChI=1S/C13H18F2N2OS/c1-13(2,16)8-7-11(18)17-9-5-3-4-6-10(9)19-12(14)15/h3-6,12H,7-8,16H2,1-2H3,(H,17,18). The number of hydrogen-bond acceptors (Lipinski definition) is 3. The minimum Gasteiger partial charge on any atom is -0.326 e. The summed E-state index contributed by atoms with van der Waals surface area (Å²) in [5.41, 5.74) is 5.78. The summed E-state index contributed by atoms with van der Waals surface area (Å²) in [5.74, 6) is -2.73. The van der Waals surface area contributed by atoms with Gasteiger partial charge < -0.3 is 11.1 Å². The summed E-state index contributed by atoms with van der Waals surface area (Å²) in [6, 6.07) is 6.51. The number of nitrogens with one attached hydrogen (secondary N) is 1. The maximum Gasteiger partial charge on any atom is 0.288 e. The highest BCUT2D eigenvalue weighted by molar-refractivity contribution is 7.99. The predicted molar refractivity (Wildman–Crippen MR) is 74.4 cm³/mol. The number of anilines is 1. The Morgan fingerprint density at radius 1 is 1.42 bits per heavy atom. The van der Waals surface area contributed by atoms with E-state index in [9.17, 15) is 13.6 Å². The molecule has 1 amide bonds. The van der Waals surface area contributed by atoms with Crippen LogP contribution in [0.3, 0.4) is 0 Å². The van der Waals surface area contributed by atoms with Crippen LogP contribution in [0.25, 0.3) is 0 Å². The molecule has 6 heteroatoms.